The Balaban J connectivity index is 1.99. The fourth-order valence-electron chi connectivity index (χ4n) is 1.88. The number of nitrogens with one attached hydrogen (secondary N) is 2. The third-order valence-electron chi connectivity index (χ3n) is 2.82. The molecule has 2 heterocycles. The quantitative estimate of drug-likeness (QED) is 0.796. The van der Waals surface area contributed by atoms with Gasteiger partial charge in [0, 0.05) is 32.7 Å². The number of rotatable bonds is 5. The lowest BCUT2D eigenvalue weighted by atomic mass is 10.2. The predicted molar refractivity (Wildman–Crippen MR) is 70.4 cm³/mol. The number of hydrogen-bond donors (Lipinski definition) is 2. The van der Waals surface area contributed by atoms with Gasteiger partial charge in [-0.2, -0.15) is 0 Å². The van der Waals surface area contributed by atoms with Crippen molar-refractivity contribution in [2.24, 2.45) is 5.92 Å². The van der Waals surface area contributed by atoms with Crippen LogP contribution in [0.3, 0.4) is 0 Å². The summed E-state index contributed by atoms with van der Waals surface area (Å²) in [4.78, 5) is 10.7. The van der Waals surface area contributed by atoms with Gasteiger partial charge in [0.05, 0.1) is 6.04 Å². The minimum absolute atomic E-state index is 0.508. The topological polar surface area (TPSA) is 53.1 Å². The van der Waals surface area contributed by atoms with Gasteiger partial charge in [0.25, 0.3) is 0 Å². The van der Waals surface area contributed by atoms with Crippen molar-refractivity contribution in [2.45, 2.75) is 19.9 Å². The predicted octanol–water partition coefficient (Wildman–Crippen LogP) is 0.952. The van der Waals surface area contributed by atoms with Crippen LogP contribution in [0.15, 0.2) is 12.4 Å². The van der Waals surface area contributed by atoms with Gasteiger partial charge in [-0.3, -0.25) is 0 Å². The lowest BCUT2D eigenvalue weighted by molar-refractivity contribution is 0.471. The fourth-order valence-corrected chi connectivity index (χ4v) is 1.88. The smallest absolute Gasteiger partial charge is 0.133 e. The van der Waals surface area contributed by atoms with Gasteiger partial charge in [-0.15, -0.1) is 0 Å². The second kappa shape index (κ2) is 5.31. The summed E-state index contributed by atoms with van der Waals surface area (Å²) in [5.41, 5.74) is 0. The molecule has 1 aromatic heterocycles. The Morgan fingerprint density at radius 2 is 2.24 bits per heavy atom. The molecule has 94 valence electrons. The Morgan fingerprint density at radius 3 is 2.82 bits per heavy atom. The van der Waals surface area contributed by atoms with Gasteiger partial charge < -0.3 is 15.5 Å². The van der Waals surface area contributed by atoms with Gasteiger partial charge in [-0.05, 0) is 5.92 Å². The van der Waals surface area contributed by atoms with E-state index in [0.29, 0.717) is 12.0 Å². The highest BCUT2D eigenvalue weighted by molar-refractivity contribution is 5.48. The molecule has 1 aromatic rings. The molecule has 0 aromatic carbocycles. The van der Waals surface area contributed by atoms with Crippen LogP contribution in [0, 0.1) is 5.92 Å². The van der Waals surface area contributed by atoms with E-state index < -0.39 is 0 Å². The van der Waals surface area contributed by atoms with Crippen LogP contribution < -0.4 is 15.5 Å². The van der Waals surface area contributed by atoms with E-state index in [1.807, 2.05) is 6.07 Å². The SMILES string of the molecule is CC(C)CN(C)c1cc(NC2CNC2)ncn1. The van der Waals surface area contributed by atoms with Crippen LogP contribution >= 0.6 is 0 Å². The van der Waals surface area contributed by atoms with Gasteiger partial charge >= 0.3 is 0 Å². The number of anilines is 2. The molecule has 1 aliphatic heterocycles. The maximum atomic E-state index is 4.30. The molecule has 0 aliphatic carbocycles. The van der Waals surface area contributed by atoms with Crippen LogP contribution in [0.2, 0.25) is 0 Å². The van der Waals surface area contributed by atoms with Crippen molar-refractivity contribution in [2.75, 3.05) is 36.9 Å². The summed E-state index contributed by atoms with van der Waals surface area (Å²) in [6.07, 6.45) is 1.63. The third kappa shape index (κ3) is 3.30. The van der Waals surface area contributed by atoms with E-state index in [9.17, 15) is 0 Å². The highest BCUT2D eigenvalue weighted by atomic mass is 15.2. The van der Waals surface area contributed by atoms with Crippen LogP contribution in [0.5, 0.6) is 0 Å². The van der Waals surface area contributed by atoms with Gasteiger partial charge in [0.2, 0.25) is 0 Å². The van der Waals surface area contributed by atoms with Crippen LogP contribution in [-0.2, 0) is 0 Å². The Morgan fingerprint density at radius 1 is 1.47 bits per heavy atom. The number of nitrogens with zero attached hydrogens (tertiary/aromatic N) is 3. The van der Waals surface area contributed by atoms with Crippen molar-refractivity contribution in [1.29, 1.82) is 0 Å². The van der Waals surface area contributed by atoms with Crippen LogP contribution in [0.1, 0.15) is 13.8 Å². The monoisotopic (exact) mass is 235 g/mol. The zero-order chi connectivity index (χ0) is 12.3. The van der Waals surface area contributed by atoms with E-state index >= 15 is 0 Å². The number of hydrogen-bond acceptors (Lipinski definition) is 5. The molecule has 0 bridgehead atoms. The van der Waals surface area contributed by atoms with Crippen LogP contribution in [0.4, 0.5) is 11.6 Å². The van der Waals surface area contributed by atoms with E-state index in [1.54, 1.807) is 6.33 Å². The summed E-state index contributed by atoms with van der Waals surface area (Å²) < 4.78 is 0. The molecular formula is C12H21N5. The van der Waals surface area contributed by atoms with Crippen molar-refractivity contribution < 1.29 is 0 Å². The molecule has 5 heteroatoms. The molecule has 2 N–H and O–H groups in total. The summed E-state index contributed by atoms with van der Waals surface area (Å²) in [7, 11) is 2.07. The second-order valence-corrected chi connectivity index (χ2v) is 5.04. The normalized spacial score (nSPS) is 15.8. The molecule has 0 atom stereocenters. The lowest BCUT2D eigenvalue weighted by Gasteiger charge is -2.28. The second-order valence-electron chi connectivity index (χ2n) is 5.04. The first-order valence-corrected chi connectivity index (χ1v) is 6.15. The van der Waals surface area contributed by atoms with Crippen LogP contribution in [0.25, 0.3) is 0 Å². The zero-order valence-corrected chi connectivity index (χ0v) is 10.8. The molecule has 5 nitrogen and oxygen atoms in total. The lowest BCUT2D eigenvalue weighted by Crippen LogP contribution is -2.51. The van der Waals surface area contributed by atoms with Crippen molar-refractivity contribution in [3.63, 3.8) is 0 Å². The van der Waals surface area contributed by atoms with E-state index in [1.165, 1.54) is 0 Å². The Bertz CT molecular complexity index is 362. The summed E-state index contributed by atoms with van der Waals surface area (Å²) in [6, 6.07) is 2.52. The Hall–Kier alpha value is -1.36. The van der Waals surface area contributed by atoms with Crippen LogP contribution in [-0.4, -0.2) is 42.7 Å². The Labute approximate surface area is 103 Å². The van der Waals surface area contributed by atoms with Crippen molar-refractivity contribution in [1.82, 2.24) is 15.3 Å². The molecule has 1 fully saturated rings. The molecule has 0 spiro atoms. The zero-order valence-electron chi connectivity index (χ0n) is 10.8. The van der Waals surface area contributed by atoms with Gasteiger partial charge in [0.1, 0.15) is 18.0 Å². The molecule has 1 aliphatic rings. The van der Waals surface area contributed by atoms with Crippen molar-refractivity contribution >= 4 is 11.6 Å². The highest BCUT2D eigenvalue weighted by Crippen LogP contribution is 2.15. The molecule has 0 amide bonds. The minimum Gasteiger partial charge on any atom is -0.365 e. The van der Waals surface area contributed by atoms with E-state index in [2.05, 4.69) is 46.4 Å². The molecule has 0 unspecified atom stereocenters. The largest absolute Gasteiger partial charge is 0.365 e. The minimum atomic E-state index is 0.508. The highest BCUT2D eigenvalue weighted by Gasteiger charge is 2.17. The van der Waals surface area contributed by atoms with E-state index in [4.69, 9.17) is 0 Å². The van der Waals surface area contributed by atoms with Gasteiger partial charge in [-0.25, -0.2) is 9.97 Å². The fraction of sp³-hybridized carbons (Fsp3) is 0.667. The number of aromatic nitrogens is 2. The standard InChI is InChI=1S/C12H21N5/c1-9(2)7-17(3)12-4-11(14-8-15-12)16-10-5-13-6-10/h4,8-10,13H,5-7H2,1-3H3,(H,14,15,16). The summed E-state index contributed by atoms with van der Waals surface area (Å²) in [6.45, 7) is 7.44. The van der Waals surface area contributed by atoms with Crippen molar-refractivity contribution in [3.8, 4) is 0 Å². The maximum Gasteiger partial charge on any atom is 0.133 e. The van der Waals surface area contributed by atoms with Crippen molar-refractivity contribution in [3.05, 3.63) is 12.4 Å². The van der Waals surface area contributed by atoms with E-state index in [-0.39, 0.29) is 0 Å². The summed E-state index contributed by atoms with van der Waals surface area (Å²) >= 11 is 0. The molecule has 0 radical (unpaired) electrons. The first-order valence-electron chi connectivity index (χ1n) is 6.15. The first kappa shape index (κ1) is 12.1. The average molecular weight is 235 g/mol. The molecule has 1 saturated heterocycles. The first-order chi connectivity index (χ1) is 8.15. The summed E-state index contributed by atoms with van der Waals surface area (Å²) in [5.74, 6) is 2.52. The summed E-state index contributed by atoms with van der Waals surface area (Å²) in [5, 5.41) is 6.62. The third-order valence-corrected chi connectivity index (χ3v) is 2.82. The molecular weight excluding hydrogens is 214 g/mol. The molecule has 0 saturated carbocycles. The molecule has 17 heavy (non-hydrogen) atoms. The van der Waals surface area contributed by atoms with E-state index in [0.717, 1.165) is 31.3 Å². The van der Waals surface area contributed by atoms with Gasteiger partial charge in [0.15, 0.2) is 0 Å². The maximum absolute atomic E-state index is 4.30. The molecule has 2 rings (SSSR count). The van der Waals surface area contributed by atoms with Gasteiger partial charge in [-0.1, -0.05) is 13.8 Å². The Kier molecular flexibility index (Phi) is 3.78. The average Bonchev–Trinajstić information content (AvgIpc) is 2.23.